The predicted molar refractivity (Wildman–Crippen MR) is 107 cm³/mol. The van der Waals surface area contributed by atoms with Crippen molar-refractivity contribution in [3.63, 3.8) is 0 Å². The van der Waals surface area contributed by atoms with Crippen LogP contribution in [0.1, 0.15) is 52.4 Å². The lowest BCUT2D eigenvalue weighted by atomic mass is 9.87. The maximum Gasteiger partial charge on any atom is 0.344 e. The molecule has 1 aliphatic carbocycles. The van der Waals surface area contributed by atoms with Gasteiger partial charge in [-0.15, -0.1) is 11.3 Å². The molecule has 4 rings (SSSR count). The maximum atomic E-state index is 13.1. The fourth-order valence-corrected chi connectivity index (χ4v) is 5.11. The van der Waals surface area contributed by atoms with Gasteiger partial charge < -0.3 is 5.32 Å². The third-order valence-electron chi connectivity index (χ3n) is 5.65. The van der Waals surface area contributed by atoms with E-state index in [9.17, 15) is 14.4 Å². The van der Waals surface area contributed by atoms with Crippen molar-refractivity contribution in [2.75, 3.05) is 0 Å². The summed E-state index contributed by atoms with van der Waals surface area (Å²) in [4.78, 5) is 40.1. The summed E-state index contributed by atoms with van der Waals surface area (Å²) in [5, 5.41) is 3.59. The molecule has 2 aliphatic rings. The summed E-state index contributed by atoms with van der Waals surface area (Å²) in [6.45, 7) is 4.05. The first-order valence-corrected chi connectivity index (χ1v) is 10.4. The Labute approximate surface area is 167 Å². The number of aryl methyl sites for hydroxylation is 1. The molecule has 1 aliphatic heterocycles. The summed E-state index contributed by atoms with van der Waals surface area (Å²) in [6.07, 6.45) is 3.45. The standard InChI is InChI=1S/C21H23N3O3S/c1-3-21(15-7-5-4-6-8-15)19(26)24(20(27)22-21)23-18(25)17-12-14-11-13(2)9-10-16(14)28-17/h4-8,12-13H,3,9-11H2,1-2H3,(H,22,27)(H,23,25)/t13-,21-/m0/s1. The van der Waals surface area contributed by atoms with E-state index in [1.54, 1.807) is 0 Å². The van der Waals surface area contributed by atoms with E-state index in [4.69, 9.17) is 0 Å². The van der Waals surface area contributed by atoms with E-state index in [0.717, 1.165) is 24.3 Å². The SMILES string of the molecule is CC[C@@]1(c2ccccc2)NC(=O)N(NC(=O)c2cc3c(s2)CC[C@H](C)C3)C1=O. The van der Waals surface area contributed by atoms with Gasteiger partial charge in [-0.25, -0.2) is 4.79 Å². The predicted octanol–water partition coefficient (Wildman–Crippen LogP) is 3.38. The van der Waals surface area contributed by atoms with Gasteiger partial charge in [0.2, 0.25) is 0 Å². The number of hydrazine groups is 1. The van der Waals surface area contributed by atoms with Crippen LogP contribution in [0.25, 0.3) is 0 Å². The number of carbonyl (C=O) groups excluding carboxylic acids is 3. The summed E-state index contributed by atoms with van der Waals surface area (Å²) in [5.74, 6) is -0.273. The van der Waals surface area contributed by atoms with E-state index in [1.807, 2.05) is 43.3 Å². The molecule has 28 heavy (non-hydrogen) atoms. The third kappa shape index (κ3) is 2.99. The Hall–Kier alpha value is -2.67. The number of carbonyl (C=O) groups is 3. The van der Waals surface area contributed by atoms with Crippen molar-refractivity contribution in [1.29, 1.82) is 0 Å². The van der Waals surface area contributed by atoms with Gasteiger partial charge in [-0.05, 0) is 48.8 Å². The van der Waals surface area contributed by atoms with Crippen LogP contribution in [-0.4, -0.2) is 22.9 Å². The van der Waals surface area contributed by atoms with E-state index in [2.05, 4.69) is 17.7 Å². The number of urea groups is 1. The number of imide groups is 1. The third-order valence-corrected chi connectivity index (χ3v) is 6.89. The molecule has 0 unspecified atom stereocenters. The highest BCUT2D eigenvalue weighted by Gasteiger charge is 2.52. The van der Waals surface area contributed by atoms with Crippen molar-refractivity contribution in [2.24, 2.45) is 5.92 Å². The van der Waals surface area contributed by atoms with Crippen LogP contribution in [0, 0.1) is 5.92 Å². The lowest BCUT2D eigenvalue weighted by Crippen LogP contribution is -2.48. The van der Waals surface area contributed by atoms with Crippen molar-refractivity contribution in [1.82, 2.24) is 15.8 Å². The Kier molecular flexibility index (Phi) is 4.71. The Morgan fingerprint density at radius 1 is 1.32 bits per heavy atom. The molecule has 2 atom stereocenters. The van der Waals surface area contributed by atoms with Gasteiger partial charge in [0, 0.05) is 4.88 Å². The summed E-state index contributed by atoms with van der Waals surface area (Å²) in [6, 6.07) is 10.4. The summed E-state index contributed by atoms with van der Waals surface area (Å²) >= 11 is 1.45. The van der Waals surface area contributed by atoms with Gasteiger partial charge in [0.15, 0.2) is 0 Å². The number of fused-ring (bicyclic) bond motifs is 1. The molecule has 2 heterocycles. The second kappa shape index (κ2) is 7.05. The Balaban J connectivity index is 1.56. The smallest absolute Gasteiger partial charge is 0.318 e. The molecule has 1 aromatic heterocycles. The Morgan fingerprint density at radius 2 is 2.07 bits per heavy atom. The second-order valence-electron chi connectivity index (χ2n) is 7.54. The monoisotopic (exact) mass is 397 g/mol. The topological polar surface area (TPSA) is 78.5 Å². The van der Waals surface area contributed by atoms with Crippen molar-refractivity contribution >= 4 is 29.2 Å². The fourth-order valence-electron chi connectivity index (χ4n) is 4.01. The van der Waals surface area contributed by atoms with E-state index < -0.39 is 23.4 Å². The van der Waals surface area contributed by atoms with Gasteiger partial charge in [-0.2, -0.15) is 5.01 Å². The minimum atomic E-state index is -1.16. The summed E-state index contributed by atoms with van der Waals surface area (Å²) in [5.41, 5.74) is 3.27. The highest BCUT2D eigenvalue weighted by atomic mass is 32.1. The zero-order chi connectivity index (χ0) is 19.9. The van der Waals surface area contributed by atoms with E-state index in [0.29, 0.717) is 22.8 Å². The summed E-state index contributed by atoms with van der Waals surface area (Å²) in [7, 11) is 0. The molecule has 0 spiro atoms. The van der Waals surface area contributed by atoms with Crippen LogP contribution in [0.3, 0.4) is 0 Å². The largest absolute Gasteiger partial charge is 0.344 e. The quantitative estimate of drug-likeness (QED) is 0.777. The number of nitrogens with one attached hydrogen (secondary N) is 2. The van der Waals surface area contributed by atoms with Gasteiger partial charge in [-0.1, -0.05) is 44.2 Å². The van der Waals surface area contributed by atoms with Gasteiger partial charge in [-0.3, -0.25) is 15.0 Å². The van der Waals surface area contributed by atoms with Gasteiger partial charge in [0.25, 0.3) is 11.8 Å². The van der Waals surface area contributed by atoms with E-state index >= 15 is 0 Å². The summed E-state index contributed by atoms with van der Waals surface area (Å²) < 4.78 is 0. The van der Waals surface area contributed by atoms with Gasteiger partial charge in [0.05, 0.1) is 4.88 Å². The molecule has 2 N–H and O–H groups in total. The van der Waals surface area contributed by atoms with Crippen molar-refractivity contribution in [3.05, 3.63) is 57.3 Å². The maximum absolute atomic E-state index is 13.1. The van der Waals surface area contributed by atoms with Crippen LogP contribution in [0.5, 0.6) is 0 Å². The minimum Gasteiger partial charge on any atom is -0.318 e. The van der Waals surface area contributed by atoms with Crippen LogP contribution in [0.2, 0.25) is 0 Å². The average molecular weight is 398 g/mol. The van der Waals surface area contributed by atoms with Crippen LogP contribution in [0.15, 0.2) is 36.4 Å². The molecule has 1 aromatic carbocycles. The van der Waals surface area contributed by atoms with Crippen LogP contribution in [0.4, 0.5) is 4.79 Å². The van der Waals surface area contributed by atoms with Crippen molar-refractivity contribution in [2.45, 2.75) is 45.1 Å². The zero-order valence-corrected chi connectivity index (χ0v) is 16.8. The molecule has 4 amide bonds. The number of hydrogen-bond donors (Lipinski definition) is 2. The van der Waals surface area contributed by atoms with Crippen LogP contribution >= 0.6 is 11.3 Å². The molecule has 0 bridgehead atoms. The molecular weight excluding hydrogens is 374 g/mol. The average Bonchev–Trinajstić information content (AvgIpc) is 3.23. The Morgan fingerprint density at radius 3 is 2.79 bits per heavy atom. The van der Waals surface area contributed by atoms with E-state index in [1.165, 1.54) is 21.8 Å². The molecule has 0 saturated carbocycles. The highest BCUT2D eigenvalue weighted by Crippen LogP contribution is 2.33. The number of rotatable bonds is 4. The molecule has 7 heteroatoms. The molecule has 0 radical (unpaired) electrons. The lowest BCUT2D eigenvalue weighted by molar-refractivity contribution is -0.133. The lowest BCUT2D eigenvalue weighted by Gasteiger charge is -2.25. The second-order valence-corrected chi connectivity index (χ2v) is 8.68. The number of hydrogen-bond acceptors (Lipinski definition) is 4. The zero-order valence-electron chi connectivity index (χ0n) is 16.0. The molecule has 6 nitrogen and oxygen atoms in total. The fraction of sp³-hybridized carbons (Fsp3) is 0.381. The molecule has 2 aromatic rings. The molecule has 146 valence electrons. The number of benzene rings is 1. The van der Waals surface area contributed by atoms with Crippen molar-refractivity contribution < 1.29 is 14.4 Å². The number of thiophene rings is 1. The minimum absolute atomic E-state index is 0.388. The number of amides is 4. The van der Waals surface area contributed by atoms with Gasteiger partial charge >= 0.3 is 6.03 Å². The molecular formula is C21H23N3O3S. The molecule has 1 fully saturated rings. The molecule has 1 saturated heterocycles. The van der Waals surface area contributed by atoms with E-state index in [-0.39, 0.29) is 0 Å². The number of nitrogens with zero attached hydrogens (tertiary/aromatic N) is 1. The first-order valence-electron chi connectivity index (χ1n) is 9.59. The van der Waals surface area contributed by atoms with Crippen LogP contribution in [-0.2, 0) is 23.2 Å². The first-order chi connectivity index (χ1) is 13.4. The normalized spacial score (nSPS) is 24.1. The Bertz CT molecular complexity index is 940. The van der Waals surface area contributed by atoms with Crippen LogP contribution < -0.4 is 10.7 Å². The van der Waals surface area contributed by atoms with Crippen molar-refractivity contribution in [3.8, 4) is 0 Å². The first kappa shape index (κ1) is 18.7. The highest BCUT2D eigenvalue weighted by molar-refractivity contribution is 7.14. The van der Waals surface area contributed by atoms with Gasteiger partial charge in [0.1, 0.15) is 5.54 Å².